The fraction of sp³-hybridized carbons (Fsp3) is 0.348. The maximum atomic E-state index is 16.2. The molecule has 3 heterocycles. The number of piperazine rings is 1. The summed E-state index contributed by atoms with van der Waals surface area (Å²) in [5.41, 5.74) is 6.58. The number of benzene rings is 2. The first-order valence-corrected chi connectivity index (χ1v) is 12.3. The number of anilines is 2. The second kappa shape index (κ2) is 9.65. The molecule has 3 N–H and O–H groups in total. The monoisotopic (exact) mass is 519 g/mol. The highest BCUT2D eigenvalue weighted by Crippen LogP contribution is 2.42. The molecule has 12 heteroatoms. The molecule has 0 spiro atoms. The van der Waals surface area contributed by atoms with Crippen molar-refractivity contribution in [1.82, 2.24) is 25.2 Å². The molecule has 5 rings (SSSR count). The van der Waals surface area contributed by atoms with E-state index >= 15 is 4.39 Å². The lowest BCUT2D eigenvalue weighted by Crippen LogP contribution is -2.44. The molecule has 0 amide bonds. The van der Waals surface area contributed by atoms with Crippen molar-refractivity contribution < 1.29 is 13.5 Å². The molecule has 0 unspecified atom stereocenters. The van der Waals surface area contributed by atoms with E-state index in [2.05, 4.69) is 25.2 Å². The van der Waals surface area contributed by atoms with Crippen molar-refractivity contribution in [1.29, 1.82) is 0 Å². The lowest BCUT2D eigenvalue weighted by Gasteiger charge is -2.29. The number of likely N-dealkylation sites (N-methyl/N-ethyl adjacent to an activating group) is 1. The molecule has 1 aliphatic rings. The van der Waals surface area contributed by atoms with Crippen LogP contribution in [-0.4, -0.2) is 73.3 Å². The van der Waals surface area contributed by atoms with Gasteiger partial charge in [0, 0.05) is 49.2 Å². The number of thiazole rings is 1. The molecule has 184 valence electrons. The van der Waals surface area contributed by atoms with Crippen molar-refractivity contribution in [2.45, 2.75) is 0 Å². The highest BCUT2D eigenvalue weighted by Gasteiger charge is 2.25. The fourth-order valence-corrected chi connectivity index (χ4v) is 5.16. The summed E-state index contributed by atoms with van der Waals surface area (Å²) in [4.78, 5) is 17.3. The lowest BCUT2D eigenvalue weighted by atomic mass is 10.0. The van der Waals surface area contributed by atoms with Gasteiger partial charge in [0.2, 0.25) is 0 Å². The Morgan fingerprint density at radius 3 is 2.69 bits per heavy atom. The first-order chi connectivity index (χ1) is 16.8. The van der Waals surface area contributed by atoms with E-state index in [0.29, 0.717) is 43.0 Å². The molecule has 0 bridgehead atoms. The number of rotatable bonds is 6. The molecule has 4 aromatic rings. The number of nitrogens with two attached hydrogens (primary N) is 1. The topological polar surface area (TPSA) is 92.4 Å². The third kappa shape index (κ3) is 4.56. The zero-order valence-electron chi connectivity index (χ0n) is 19.2. The fourth-order valence-electron chi connectivity index (χ4n) is 4.10. The van der Waals surface area contributed by atoms with E-state index in [1.807, 2.05) is 19.0 Å². The molecular formula is C23H24ClF2N7OS. The summed E-state index contributed by atoms with van der Waals surface area (Å²) in [7, 11) is 3.86. The molecule has 8 nitrogen and oxygen atoms in total. The van der Waals surface area contributed by atoms with Crippen LogP contribution in [0.2, 0.25) is 5.02 Å². The van der Waals surface area contributed by atoms with Crippen LogP contribution in [0.5, 0.6) is 6.01 Å². The van der Waals surface area contributed by atoms with Crippen LogP contribution in [0.25, 0.3) is 32.2 Å². The van der Waals surface area contributed by atoms with E-state index in [9.17, 15) is 4.39 Å². The van der Waals surface area contributed by atoms with E-state index in [0.717, 1.165) is 24.4 Å². The summed E-state index contributed by atoms with van der Waals surface area (Å²) < 4.78 is 36.6. The Hall–Kier alpha value is -2.86. The average molecular weight is 520 g/mol. The molecular weight excluding hydrogens is 496 g/mol. The molecule has 0 radical (unpaired) electrons. The SMILES string of the molecule is CN(C)CCOc1nc(N2CCNCC2)c2cc(Cl)c(-c3ccc(F)c4sc(N)nc34)c(F)c2n1. The molecule has 0 atom stereocenters. The van der Waals surface area contributed by atoms with Crippen LogP contribution in [0.4, 0.5) is 19.7 Å². The van der Waals surface area contributed by atoms with Crippen molar-refractivity contribution in [2.24, 2.45) is 0 Å². The number of fused-ring (bicyclic) bond motifs is 2. The van der Waals surface area contributed by atoms with Crippen molar-refractivity contribution in [2.75, 3.05) is 64.1 Å². The normalized spacial score (nSPS) is 14.4. The van der Waals surface area contributed by atoms with E-state index < -0.39 is 11.6 Å². The number of nitrogen functional groups attached to an aromatic ring is 1. The Bertz CT molecular complexity index is 1410. The Morgan fingerprint density at radius 2 is 1.94 bits per heavy atom. The number of nitrogens with one attached hydrogen (secondary N) is 1. The van der Waals surface area contributed by atoms with Gasteiger partial charge in [0.25, 0.3) is 0 Å². The predicted molar refractivity (Wildman–Crippen MR) is 137 cm³/mol. The Balaban J connectivity index is 1.71. The maximum absolute atomic E-state index is 16.2. The first kappa shape index (κ1) is 23.9. The Morgan fingerprint density at radius 1 is 1.17 bits per heavy atom. The maximum Gasteiger partial charge on any atom is 0.319 e. The van der Waals surface area contributed by atoms with E-state index in [-0.39, 0.29) is 37.5 Å². The van der Waals surface area contributed by atoms with Crippen LogP contribution >= 0.6 is 22.9 Å². The van der Waals surface area contributed by atoms with E-state index in [4.69, 9.17) is 22.1 Å². The Kier molecular flexibility index (Phi) is 6.58. The molecule has 1 aliphatic heterocycles. The van der Waals surface area contributed by atoms with Crippen molar-refractivity contribution >= 4 is 55.0 Å². The van der Waals surface area contributed by atoms with Gasteiger partial charge in [-0.15, -0.1) is 0 Å². The van der Waals surface area contributed by atoms with Gasteiger partial charge in [0.05, 0.1) is 15.2 Å². The second-order valence-electron chi connectivity index (χ2n) is 8.49. The summed E-state index contributed by atoms with van der Waals surface area (Å²) >= 11 is 7.65. The van der Waals surface area contributed by atoms with Crippen LogP contribution in [0, 0.1) is 11.6 Å². The number of hydrogen-bond acceptors (Lipinski definition) is 9. The van der Waals surface area contributed by atoms with E-state index in [1.54, 1.807) is 6.07 Å². The summed E-state index contributed by atoms with van der Waals surface area (Å²) in [5, 5.41) is 4.12. The van der Waals surface area contributed by atoms with Crippen LogP contribution in [0.1, 0.15) is 0 Å². The van der Waals surface area contributed by atoms with Gasteiger partial charge in [-0.05, 0) is 32.3 Å². The molecule has 0 saturated carbocycles. The van der Waals surface area contributed by atoms with Gasteiger partial charge in [0.1, 0.15) is 23.8 Å². The predicted octanol–water partition coefficient (Wildman–Crippen LogP) is 3.77. The average Bonchev–Trinajstić information content (AvgIpc) is 3.23. The van der Waals surface area contributed by atoms with Crippen LogP contribution in [0.15, 0.2) is 18.2 Å². The second-order valence-corrected chi connectivity index (χ2v) is 9.92. The molecule has 1 fully saturated rings. The highest BCUT2D eigenvalue weighted by atomic mass is 35.5. The Labute approximate surface area is 209 Å². The zero-order chi connectivity index (χ0) is 24.7. The van der Waals surface area contributed by atoms with Crippen molar-refractivity contribution in [3.05, 3.63) is 34.9 Å². The van der Waals surface area contributed by atoms with Crippen LogP contribution < -0.4 is 20.7 Å². The van der Waals surface area contributed by atoms with Gasteiger partial charge in [-0.25, -0.2) is 13.8 Å². The minimum absolute atomic E-state index is 0.0773. The number of halogens is 3. The van der Waals surface area contributed by atoms with E-state index in [1.165, 1.54) is 12.1 Å². The largest absolute Gasteiger partial charge is 0.462 e. The van der Waals surface area contributed by atoms with Crippen molar-refractivity contribution in [3.8, 4) is 17.1 Å². The molecule has 2 aromatic carbocycles. The lowest BCUT2D eigenvalue weighted by molar-refractivity contribution is 0.246. The number of aromatic nitrogens is 3. The molecule has 35 heavy (non-hydrogen) atoms. The number of ether oxygens (including phenoxy) is 1. The van der Waals surface area contributed by atoms with Gasteiger partial charge in [-0.1, -0.05) is 22.9 Å². The highest BCUT2D eigenvalue weighted by molar-refractivity contribution is 7.22. The first-order valence-electron chi connectivity index (χ1n) is 11.1. The van der Waals surface area contributed by atoms with Gasteiger partial charge in [-0.3, -0.25) is 0 Å². The van der Waals surface area contributed by atoms with Crippen LogP contribution in [0.3, 0.4) is 0 Å². The molecule has 0 aliphatic carbocycles. The molecule has 1 saturated heterocycles. The van der Waals surface area contributed by atoms with Gasteiger partial charge in [0.15, 0.2) is 10.9 Å². The van der Waals surface area contributed by atoms with Crippen molar-refractivity contribution in [3.63, 3.8) is 0 Å². The number of nitrogens with zero attached hydrogens (tertiary/aromatic N) is 5. The summed E-state index contributed by atoms with van der Waals surface area (Å²) in [5.74, 6) is -0.566. The number of hydrogen-bond donors (Lipinski definition) is 2. The summed E-state index contributed by atoms with van der Waals surface area (Å²) in [6.45, 7) is 3.93. The zero-order valence-corrected chi connectivity index (χ0v) is 20.8. The van der Waals surface area contributed by atoms with Gasteiger partial charge in [-0.2, -0.15) is 9.97 Å². The van der Waals surface area contributed by atoms with Gasteiger partial charge < -0.3 is 25.6 Å². The molecule has 2 aromatic heterocycles. The van der Waals surface area contributed by atoms with Crippen LogP contribution in [-0.2, 0) is 0 Å². The third-order valence-electron chi connectivity index (χ3n) is 5.81. The smallest absolute Gasteiger partial charge is 0.319 e. The minimum Gasteiger partial charge on any atom is -0.462 e. The quantitative estimate of drug-likeness (QED) is 0.398. The minimum atomic E-state index is -0.650. The van der Waals surface area contributed by atoms with Gasteiger partial charge >= 0.3 is 6.01 Å². The summed E-state index contributed by atoms with van der Waals surface area (Å²) in [6, 6.07) is 4.46. The summed E-state index contributed by atoms with van der Waals surface area (Å²) in [6.07, 6.45) is 0. The third-order valence-corrected chi connectivity index (χ3v) is 7.00. The standard InChI is InChI=1S/C23H24ClF2N7OS/c1-32(2)9-10-34-23-30-18-13(21(31-23)33-7-5-28-6-8-33)11-14(24)16(17(18)26)12-3-4-15(25)20-19(12)29-22(27)35-20/h3-4,11,28H,5-10H2,1-2H3,(H2,27,29).